The third-order valence-electron chi connectivity index (χ3n) is 4.63. The molecule has 28 heavy (non-hydrogen) atoms. The Labute approximate surface area is 178 Å². The van der Waals surface area contributed by atoms with E-state index in [1.807, 2.05) is 7.05 Å². The number of carbonyl (C=O) groups is 1. The molecule has 9 heteroatoms. The van der Waals surface area contributed by atoms with Crippen molar-refractivity contribution < 1.29 is 17.9 Å². The maximum absolute atomic E-state index is 12.8. The Bertz CT molecular complexity index is 956. The predicted octanol–water partition coefficient (Wildman–Crippen LogP) is 2.49. The van der Waals surface area contributed by atoms with E-state index in [0.29, 0.717) is 43.2 Å². The van der Waals surface area contributed by atoms with Gasteiger partial charge in [0.25, 0.3) is 5.91 Å². The summed E-state index contributed by atoms with van der Waals surface area (Å²) < 4.78 is 33.0. The molecular weight excluding hydrogens is 493 g/mol. The molecule has 2 aromatic carbocycles. The van der Waals surface area contributed by atoms with Crippen molar-refractivity contribution in [2.24, 2.45) is 0 Å². The molecule has 0 unspecified atom stereocenters. The van der Waals surface area contributed by atoms with Crippen molar-refractivity contribution in [3.8, 4) is 5.75 Å². The molecule has 3 rings (SSSR count). The first kappa shape index (κ1) is 21.0. The van der Waals surface area contributed by atoms with Crippen LogP contribution >= 0.6 is 22.6 Å². The second-order valence-electron chi connectivity index (χ2n) is 6.54. The monoisotopic (exact) mass is 515 g/mol. The first-order chi connectivity index (χ1) is 13.3. The molecule has 0 atom stereocenters. The molecule has 0 spiro atoms. The van der Waals surface area contributed by atoms with Crippen LogP contribution in [0.15, 0.2) is 47.4 Å². The lowest BCUT2D eigenvalue weighted by atomic mass is 10.2. The Kier molecular flexibility index (Phi) is 6.58. The lowest BCUT2D eigenvalue weighted by Crippen LogP contribution is -2.46. The van der Waals surface area contributed by atoms with Crippen LogP contribution in [0.25, 0.3) is 0 Å². The Morgan fingerprint density at radius 3 is 2.29 bits per heavy atom. The van der Waals surface area contributed by atoms with E-state index in [1.165, 1.54) is 16.4 Å². The molecule has 1 saturated heterocycles. The van der Waals surface area contributed by atoms with Crippen LogP contribution < -0.4 is 10.1 Å². The normalized spacial score (nSPS) is 16.0. The topological polar surface area (TPSA) is 78.9 Å². The maximum atomic E-state index is 12.8. The average molecular weight is 515 g/mol. The second-order valence-corrected chi connectivity index (χ2v) is 9.64. The minimum atomic E-state index is -3.52. The minimum absolute atomic E-state index is 0.231. The van der Waals surface area contributed by atoms with Crippen LogP contribution in [0, 0.1) is 3.57 Å². The molecule has 1 aliphatic heterocycles. The maximum Gasteiger partial charge on any atom is 0.255 e. The van der Waals surface area contributed by atoms with Crippen LogP contribution in [-0.2, 0) is 10.0 Å². The van der Waals surface area contributed by atoms with Crippen molar-refractivity contribution in [1.29, 1.82) is 0 Å². The molecule has 0 radical (unpaired) electrons. The average Bonchev–Trinajstić information content (AvgIpc) is 2.68. The van der Waals surface area contributed by atoms with Crippen molar-refractivity contribution in [3.63, 3.8) is 0 Å². The van der Waals surface area contributed by atoms with E-state index in [4.69, 9.17) is 4.74 Å². The molecule has 1 N–H and O–H groups in total. The molecule has 2 aromatic rings. The Morgan fingerprint density at radius 2 is 1.71 bits per heavy atom. The van der Waals surface area contributed by atoms with Crippen LogP contribution in [0.3, 0.4) is 0 Å². The molecule has 0 bridgehead atoms. The van der Waals surface area contributed by atoms with Crippen LogP contribution in [-0.4, -0.2) is 63.9 Å². The number of amides is 1. The number of anilines is 1. The van der Waals surface area contributed by atoms with Gasteiger partial charge in [0.2, 0.25) is 10.0 Å². The summed E-state index contributed by atoms with van der Waals surface area (Å²) in [5, 5.41) is 2.79. The number of nitrogens with zero attached hydrogens (tertiary/aromatic N) is 2. The third-order valence-corrected chi connectivity index (χ3v) is 7.38. The quantitative estimate of drug-likeness (QED) is 0.620. The smallest absolute Gasteiger partial charge is 0.255 e. The number of halogens is 1. The predicted molar refractivity (Wildman–Crippen MR) is 116 cm³/mol. The second kappa shape index (κ2) is 8.76. The Balaban J connectivity index is 1.70. The number of hydrogen-bond donors (Lipinski definition) is 1. The fourth-order valence-corrected chi connectivity index (χ4v) is 5.06. The number of rotatable bonds is 5. The summed E-state index contributed by atoms with van der Waals surface area (Å²) in [6, 6.07) is 11.4. The number of hydrogen-bond acceptors (Lipinski definition) is 5. The Hall–Kier alpha value is -1.69. The van der Waals surface area contributed by atoms with E-state index >= 15 is 0 Å². The fraction of sp³-hybridized carbons (Fsp3) is 0.316. The van der Waals surface area contributed by atoms with Gasteiger partial charge in [-0.25, -0.2) is 8.42 Å². The van der Waals surface area contributed by atoms with Crippen molar-refractivity contribution in [1.82, 2.24) is 9.21 Å². The highest BCUT2D eigenvalue weighted by atomic mass is 127. The van der Waals surface area contributed by atoms with Crippen molar-refractivity contribution >= 4 is 44.2 Å². The van der Waals surface area contributed by atoms with Crippen LogP contribution in [0.4, 0.5) is 5.69 Å². The van der Waals surface area contributed by atoms with Gasteiger partial charge in [-0.1, -0.05) is 0 Å². The molecule has 0 aromatic heterocycles. The number of ether oxygens (including phenoxy) is 1. The van der Waals surface area contributed by atoms with Crippen molar-refractivity contribution in [2.75, 3.05) is 45.7 Å². The lowest BCUT2D eigenvalue weighted by molar-refractivity contribution is 0.102. The largest absolute Gasteiger partial charge is 0.496 e. The molecular formula is C19H22IN3O4S. The number of benzene rings is 2. The van der Waals surface area contributed by atoms with Gasteiger partial charge in [0, 0.05) is 37.4 Å². The highest BCUT2D eigenvalue weighted by Crippen LogP contribution is 2.23. The molecule has 1 aliphatic rings. The highest BCUT2D eigenvalue weighted by Gasteiger charge is 2.27. The zero-order valence-corrected chi connectivity index (χ0v) is 18.7. The summed E-state index contributed by atoms with van der Waals surface area (Å²) in [6.07, 6.45) is 0. The molecule has 1 fully saturated rings. The Morgan fingerprint density at radius 1 is 1.07 bits per heavy atom. The van der Waals surface area contributed by atoms with E-state index in [2.05, 4.69) is 32.8 Å². The van der Waals surface area contributed by atoms with Gasteiger partial charge in [-0.2, -0.15) is 4.31 Å². The highest BCUT2D eigenvalue weighted by molar-refractivity contribution is 14.1. The number of methoxy groups -OCH3 is 1. The molecule has 1 heterocycles. The van der Waals surface area contributed by atoms with Crippen LogP contribution in [0.5, 0.6) is 5.75 Å². The number of likely N-dealkylation sites (N-methyl/N-ethyl adjacent to an activating group) is 1. The molecule has 7 nitrogen and oxygen atoms in total. The summed E-state index contributed by atoms with van der Waals surface area (Å²) in [5.41, 5.74) is 1.03. The van der Waals surface area contributed by atoms with Gasteiger partial charge in [-0.05, 0) is 72.1 Å². The summed E-state index contributed by atoms with van der Waals surface area (Å²) in [7, 11) is 0.0387. The lowest BCUT2D eigenvalue weighted by Gasteiger charge is -2.31. The van der Waals surface area contributed by atoms with E-state index in [9.17, 15) is 13.2 Å². The van der Waals surface area contributed by atoms with E-state index in [1.54, 1.807) is 37.4 Å². The zero-order valence-electron chi connectivity index (χ0n) is 15.7. The summed E-state index contributed by atoms with van der Waals surface area (Å²) >= 11 is 2.11. The molecule has 150 valence electrons. The first-order valence-corrected chi connectivity index (χ1v) is 11.3. The van der Waals surface area contributed by atoms with E-state index in [0.717, 1.165) is 3.57 Å². The third kappa shape index (κ3) is 4.65. The fourth-order valence-electron chi connectivity index (χ4n) is 2.90. The summed E-state index contributed by atoms with van der Waals surface area (Å²) in [4.78, 5) is 14.8. The SMILES string of the molecule is COc1ccc(C(=O)Nc2ccc(S(=O)(=O)N3CCN(C)CC3)cc2)cc1I. The van der Waals surface area contributed by atoms with Gasteiger partial charge < -0.3 is 15.0 Å². The standard InChI is InChI=1S/C19H22IN3O4S/c1-22-9-11-23(12-10-22)28(25,26)16-6-4-15(5-7-16)21-19(24)14-3-8-18(27-2)17(20)13-14/h3-8,13H,9-12H2,1-2H3,(H,21,24). The first-order valence-electron chi connectivity index (χ1n) is 8.75. The van der Waals surface area contributed by atoms with Gasteiger partial charge in [0.1, 0.15) is 5.75 Å². The molecule has 0 aliphatic carbocycles. The van der Waals surface area contributed by atoms with Crippen molar-refractivity contribution in [3.05, 3.63) is 51.6 Å². The van der Waals surface area contributed by atoms with E-state index < -0.39 is 10.0 Å². The number of piperazine rings is 1. The number of carbonyl (C=O) groups excluding carboxylic acids is 1. The van der Waals surface area contributed by atoms with Gasteiger partial charge >= 0.3 is 0 Å². The van der Waals surface area contributed by atoms with Gasteiger partial charge in [-0.3, -0.25) is 4.79 Å². The van der Waals surface area contributed by atoms with Crippen LogP contribution in [0.2, 0.25) is 0 Å². The van der Waals surface area contributed by atoms with Crippen molar-refractivity contribution in [2.45, 2.75) is 4.90 Å². The van der Waals surface area contributed by atoms with Gasteiger partial charge in [0.15, 0.2) is 0 Å². The number of sulfonamides is 1. The van der Waals surface area contributed by atoms with Gasteiger partial charge in [-0.15, -0.1) is 0 Å². The zero-order chi connectivity index (χ0) is 20.3. The van der Waals surface area contributed by atoms with Crippen LogP contribution in [0.1, 0.15) is 10.4 Å². The van der Waals surface area contributed by atoms with Gasteiger partial charge in [0.05, 0.1) is 15.6 Å². The molecule has 1 amide bonds. The molecule has 0 saturated carbocycles. The summed E-state index contributed by atoms with van der Waals surface area (Å²) in [6.45, 7) is 2.39. The minimum Gasteiger partial charge on any atom is -0.496 e. The summed E-state index contributed by atoms with van der Waals surface area (Å²) in [5.74, 6) is 0.436. The number of nitrogens with one attached hydrogen (secondary N) is 1. The van der Waals surface area contributed by atoms with E-state index in [-0.39, 0.29) is 10.8 Å².